The molecule has 1 aliphatic rings. The fourth-order valence-corrected chi connectivity index (χ4v) is 4.23. The number of hydrogen-bond donors (Lipinski definition) is 0. The van der Waals surface area contributed by atoms with Crippen molar-refractivity contribution in [2.75, 3.05) is 26.2 Å². The van der Waals surface area contributed by atoms with Crippen molar-refractivity contribution in [2.45, 2.75) is 31.9 Å². The van der Waals surface area contributed by atoms with E-state index in [-0.39, 0.29) is 11.7 Å². The number of rotatable bonds is 6. The molecule has 1 saturated heterocycles. The molecule has 1 heterocycles. The first kappa shape index (κ1) is 18.2. The molecule has 23 heavy (non-hydrogen) atoms. The van der Waals surface area contributed by atoms with E-state index in [0.29, 0.717) is 37.6 Å². The van der Waals surface area contributed by atoms with E-state index < -0.39 is 10.0 Å². The SMILES string of the molecule is CCCCC(=O)N1CCN(S(=O)(=O)Cc2ccc(Cl)cc2)CC1. The first-order valence-electron chi connectivity index (χ1n) is 7.92. The van der Waals surface area contributed by atoms with E-state index in [9.17, 15) is 13.2 Å². The molecule has 0 aromatic heterocycles. The number of piperazine rings is 1. The summed E-state index contributed by atoms with van der Waals surface area (Å²) in [6.45, 7) is 3.74. The maximum Gasteiger partial charge on any atom is 0.222 e. The Balaban J connectivity index is 1.90. The Bertz CT molecular complexity index is 623. The molecule has 1 aliphatic heterocycles. The third-order valence-electron chi connectivity index (χ3n) is 3.99. The summed E-state index contributed by atoms with van der Waals surface area (Å²) >= 11 is 5.82. The second-order valence-electron chi connectivity index (χ2n) is 5.77. The van der Waals surface area contributed by atoms with Crippen LogP contribution in [0.1, 0.15) is 31.7 Å². The van der Waals surface area contributed by atoms with Gasteiger partial charge in [-0.15, -0.1) is 0 Å². The highest BCUT2D eigenvalue weighted by atomic mass is 35.5. The lowest BCUT2D eigenvalue weighted by molar-refractivity contribution is -0.132. The first-order chi connectivity index (χ1) is 10.9. The second kappa shape index (κ2) is 8.13. The molecule has 1 aromatic carbocycles. The van der Waals surface area contributed by atoms with Crippen molar-refractivity contribution < 1.29 is 13.2 Å². The molecule has 1 amide bonds. The Kier molecular flexibility index (Phi) is 6.44. The molecule has 0 radical (unpaired) electrons. The number of unbranched alkanes of at least 4 members (excludes halogenated alkanes) is 1. The van der Waals surface area contributed by atoms with Crippen LogP contribution in [-0.2, 0) is 20.6 Å². The number of sulfonamides is 1. The average Bonchev–Trinajstić information content (AvgIpc) is 2.54. The zero-order chi connectivity index (χ0) is 16.9. The molecule has 128 valence electrons. The molecule has 2 rings (SSSR count). The van der Waals surface area contributed by atoms with Crippen LogP contribution in [0.5, 0.6) is 0 Å². The van der Waals surface area contributed by atoms with Gasteiger partial charge in [0.1, 0.15) is 0 Å². The molecule has 0 unspecified atom stereocenters. The van der Waals surface area contributed by atoms with Crippen molar-refractivity contribution in [3.8, 4) is 0 Å². The van der Waals surface area contributed by atoms with Gasteiger partial charge in [0.2, 0.25) is 15.9 Å². The summed E-state index contributed by atoms with van der Waals surface area (Å²) in [4.78, 5) is 13.7. The lowest BCUT2D eigenvalue weighted by Crippen LogP contribution is -2.50. The molecular weight excluding hydrogens is 336 g/mol. The highest BCUT2D eigenvalue weighted by Crippen LogP contribution is 2.16. The predicted octanol–water partition coefficient (Wildman–Crippen LogP) is 2.50. The lowest BCUT2D eigenvalue weighted by atomic mass is 10.2. The number of benzene rings is 1. The fourth-order valence-electron chi connectivity index (χ4n) is 2.58. The molecule has 0 atom stereocenters. The zero-order valence-electron chi connectivity index (χ0n) is 13.4. The van der Waals surface area contributed by atoms with Gasteiger partial charge in [-0.2, -0.15) is 4.31 Å². The zero-order valence-corrected chi connectivity index (χ0v) is 14.9. The summed E-state index contributed by atoms with van der Waals surface area (Å²) in [7, 11) is -3.36. The summed E-state index contributed by atoms with van der Waals surface area (Å²) in [5.74, 6) is 0.0927. The molecule has 0 aliphatic carbocycles. The molecule has 1 aromatic rings. The first-order valence-corrected chi connectivity index (χ1v) is 9.91. The van der Waals surface area contributed by atoms with Crippen LogP contribution in [0.4, 0.5) is 0 Å². The predicted molar refractivity (Wildman–Crippen MR) is 91.8 cm³/mol. The third-order valence-corrected chi connectivity index (χ3v) is 6.09. The van der Waals surface area contributed by atoms with E-state index in [1.807, 2.05) is 0 Å². The summed E-state index contributed by atoms with van der Waals surface area (Å²) in [6, 6.07) is 6.84. The molecule has 0 bridgehead atoms. The Labute approximate surface area is 143 Å². The highest BCUT2D eigenvalue weighted by molar-refractivity contribution is 7.88. The van der Waals surface area contributed by atoms with Crippen LogP contribution in [-0.4, -0.2) is 49.7 Å². The summed E-state index contributed by atoms with van der Waals surface area (Å²) in [6.07, 6.45) is 2.42. The number of carbonyl (C=O) groups excluding carboxylic acids is 1. The van der Waals surface area contributed by atoms with Crippen molar-refractivity contribution in [3.63, 3.8) is 0 Å². The van der Waals surface area contributed by atoms with Crippen molar-refractivity contribution in [1.29, 1.82) is 0 Å². The van der Waals surface area contributed by atoms with Gasteiger partial charge in [0.25, 0.3) is 0 Å². The van der Waals surface area contributed by atoms with E-state index in [0.717, 1.165) is 18.4 Å². The number of carbonyl (C=O) groups is 1. The number of amides is 1. The topological polar surface area (TPSA) is 57.7 Å². The number of halogens is 1. The monoisotopic (exact) mass is 358 g/mol. The minimum absolute atomic E-state index is 0.0338. The van der Waals surface area contributed by atoms with Gasteiger partial charge < -0.3 is 4.90 Å². The van der Waals surface area contributed by atoms with Crippen LogP contribution < -0.4 is 0 Å². The van der Waals surface area contributed by atoms with Gasteiger partial charge in [-0.3, -0.25) is 4.79 Å². The van der Waals surface area contributed by atoms with Crippen LogP contribution in [0.2, 0.25) is 5.02 Å². The standard InChI is InChI=1S/C16H23ClN2O3S/c1-2-3-4-16(20)18-9-11-19(12-10-18)23(21,22)13-14-5-7-15(17)8-6-14/h5-8H,2-4,9-13H2,1H3. The Morgan fingerprint density at radius 2 is 1.74 bits per heavy atom. The fraction of sp³-hybridized carbons (Fsp3) is 0.562. The lowest BCUT2D eigenvalue weighted by Gasteiger charge is -2.34. The summed E-state index contributed by atoms with van der Waals surface area (Å²) < 4.78 is 26.4. The molecule has 0 spiro atoms. The average molecular weight is 359 g/mol. The normalized spacial score (nSPS) is 16.5. The molecule has 0 saturated carbocycles. The van der Waals surface area contributed by atoms with Crippen molar-refractivity contribution in [2.24, 2.45) is 0 Å². The van der Waals surface area contributed by atoms with Gasteiger partial charge in [0.05, 0.1) is 5.75 Å². The Morgan fingerprint density at radius 3 is 2.30 bits per heavy atom. The molecule has 7 heteroatoms. The van der Waals surface area contributed by atoms with E-state index in [1.54, 1.807) is 29.2 Å². The molecular formula is C16H23ClN2O3S. The van der Waals surface area contributed by atoms with Gasteiger partial charge in [0, 0.05) is 37.6 Å². The molecule has 5 nitrogen and oxygen atoms in total. The largest absolute Gasteiger partial charge is 0.340 e. The van der Waals surface area contributed by atoms with Gasteiger partial charge in [0.15, 0.2) is 0 Å². The van der Waals surface area contributed by atoms with Gasteiger partial charge in [-0.05, 0) is 24.1 Å². The van der Waals surface area contributed by atoms with Crippen molar-refractivity contribution in [3.05, 3.63) is 34.9 Å². The van der Waals surface area contributed by atoms with E-state index in [2.05, 4.69) is 6.92 Å². The maximum absolute atomic E-state index is 12.5. The number of hydrogen-bond acceptors (Lipinski definition) is 3. The summed E-state index contributed by atoms with van der Waals surface area (Å²) in [5.41, 5.74) is 0.718. The van der Waals surface area contributed by atoms with Gasteiger partial charge in [-0.25, -0.2) is 8.42 Å². The second-order valence-corrected chi connectivity index (χ2v) is 8.17. The third kappa shape index (κ3) is 5.19. The van der Waals surface area contributed by atoms with Crippen LogP contribution in [0, 0.1) is 0 Å². The quantitative estimate of drug-likeness (QED) is 0.785. The van der Waals surface area contributed by atoms with E-state index in [1.165, 1.54) is 4.31 Å². The minimum Gasteiger partial charge on any atom is -0.340 e. The van der Waals surface area contributed by atoms with Crippen molar-refractivity contribution in [1.82, 2.24) is 9.21 Å². The van der Waals surface area contributed by atoms with E-state index in [4.69, 9.17) is 11.6 Å². The minimum atomic E-state index is -3.36. The van der Waals surface area contributed by atoms with Crippen LogP contribution in [0.3, 0.4) is 0 Å². The van der Waals surface area contributed by atoms with Crippen LogP contribution in [0.15, 0.2) is 24.3 Å². The Morgan fingerprint density at radius 1 is 1.13 bits per heavy atom. The van der Waals surface area contributed by atoms with E-state index >= 15 is 0 Å². The number of nitrogens with zero attached hydrogens (tertiary/aromatic N) is 2. The smallest absolute Gasteiger partial charge is 0.222 e. The van der Waals surface area contributed by atoms with Gasteiger partial charge in [-0.1, -0.05) is 37.1 Å². The van der Waals surface area contributed by atoms with Crippen LogP contribution in [0.25, 0.3) is 0 Å². The summed E-state index contributed by atoms with van der Waals surface area (Å²) in [5, 5.41) is 0.588. The Hall–Kier alpha value is -1.11. The van der Waals surface area contributed by atoms with Gasteiger partial charge >= 0.3 is 0 Å². The van der Waals surface area contributed by atoms with Crippen molar-refractivity contribution >= 4 is 27.5 Å². The highest BCUT2D eigenvalue weighted by Gasteiger charge is 2.28. The molecule has 1 fully saturated rings. The maximum atomic E-state index is 12.5. The molecule has 0 N–H and O–H groups in total. The van der Waals surface area contributed by atoms with Crippen LogP contribution >= 0.6 is 11.6 Å².